The third kappa shape index (κ3) is 7.27. The molecule has 6 rings (SSSR count). The number of amides is 1. The van der Waals surface area contributed by atoms with Gasteiger partial charge < -0.3 is 25.2 Å². The number of carbonyl (C=O) groups excluding carboxylic acids is 1. The molecular weight excluding hydrogens is 673 g/mol. The van der Waals surface area contributed by atoms with Crippen LogP contribution in [0.1, 0.15) is 36.5 Å². The number of aromatic nitrogens is 2. The van der Waals surface area contributed by atoms with Crippen LogP contribution in [0, 0.1) is 0 Å². The van der Waals surface area contributed by atoms with E-state index < -0.39 is 6.10 Å². The first-order valence-corrected chi connectivity index (χ1v) is 17.1. The van der Waals surface area contributed by atoms with Crippen LogP contribution >= 0.6 is 34.8 Å². The fourth-order valence-corrected chi connectivity index (χ4v) is 7.41. The van der Waals surface area contributed by atoms with E-state index in [0.717, 1.165) is 53.0 Å². The first-order valence-electron chi connectivity index (χ1n) is 15.9. The van der Waals surface area contributed by atoms with Crippen molar-refractivity contribution < 1.29 is 19.4 Å². The molecule has 2 aliphatic rings. The van der Waals surface area contributed by atoms with E-state index >= 15 is 0 Å². The van der Waals surface area contributed by atoms with Gasteiger partial charge in [0, 0.05) is 84.8 Å². The highest BCUT2D eigenvalue weighted by molar-refractivity contribution is 6.39. The van der Waals surface area contributed by atoms with Crippen LogP contribution in [0.5, 0.6) is 11.6 Å². The zero-order valence-corrected chi connectivity index (χ0v) is 29.3. The Kier molecular flexibility index (Phi) is 10.7. The van der Waals surface area contributed by atoms with Gasteiger partial charge in [0.2, 0.25) is 11.8 Å². The Morgan fingerprint density at radius 3 is 2.58 bits per heavy atom. The van der Waals surface area contributed by atoms with Crippen LogP contribution < -0.4 is 20.1 Å². The summed E-state index contributed by atoms with van der Waals surface area (Å²) in [5.74, 6) is 1.23. The maximum absolute atomic E-state index is 11.5. The SMILES string of the molecule is COc1cc(-c2nccc(-c3cccc(-c4cc(Cl)c(CNC[C@@H]5CCC(=O)N5)c(OC)n4)c3Cl)c2Cl)cc2c1CN(C[C@H](C)O)CC2. The average molecular weight is 711 g/mol. The quantitative estimate of drug-likeness (QED) is 0.161. The first kappa shape index (κ1) is 34.4. The van der Waals surface area contributed by atoms with Gasteiger partial charge in [-0.1, -0.05) is 53.0 Å². The summed E-state index contributed by atoms with van der Waals surface area (Å²) in [6.45, 7) is 5.01. The molecular formula is C36H38Cl3N5O4. The molecule has 2 aromatic heterocycles. The Hall–Kier alpha value is -3.44. The third-order valence-electron chi connectivity index (χ3n) is 8.85. The van der Waals surface area contributed by atoms with E-state index in [1.165, 1.54) is 5.56 Å². The number of benzene rings is 2. The molecule has 4 heterocycles. The molecule has 48 heavy (non-hydrogen) atoms. The minimum Gasteiger partial charge on any atom is -0.496 e. The van der Waals surface area contributed by atoms with Gasteiger partial charge in [-0.05, 0) is 49.6 Å². The van der Waals surface area contributed by atoms with Crippen LogP contribution in [0.25, 0.3) is 33.6 Å². The van der Waals surface area contributed by atoms with E-state index in [-0.39, 0.29) is 11.9 Å². The number of nitrogens with one attached hydrogen (secondary N) is 2. The van der Waals surface area contributed by atoms with Crippen LogP contribution in [0.4, 0.5) is 0 Å². The Labute approximate surface area is 295 Å². The summed E-state index contributed by atoms with van der Waals surface area (Å²) in [5.41, 5.74) is 7.18. The summed E-state index contributed by atoms with van der Waals surface area (Å²) < 4.78 is 11.5. The molecule has 0 unspecified atom stereocenters. The van der Waals surface area contributed by atoms with Crippen molar-refractivity contribution in [2.24, 2.45) is 0 Å². The van der Waals surface area contributed by atoms with Crippen molar-refractivity contribution in [3.8, 4) is 45.3 Å². The largest absolute Gasteiger partial charge is 0.496 e. The van der Waals surface area contributed by atoms with Crippen molar-refractivity contribution >= 4 is 40.7 Å². The molecule has 1 amide bonds. The fraction of sp³-hybridized carbons (Fsp3) is 0.361. The average Bonchev–Trinajstić information content (AvgIpc) is 3.49. The number of ether oxygens (including phenoxy) is 2. The number of rotatable bonds is 11. The fourth-order valence-electron chi connectivity index (χ4n) is 6.51. The van der Waals surface area contributed by atoms with E-state index in [1.54, 1.807) is 33.4 Å². The number of halogens is 3. The van der Waals surface area contributed by atoms with Crippen molar-refractivity contribution in [1.82, 2.24) is 25.5 Å². The molecule has 2 atom stereocenters. The number of aliphatic hydroxyl groups is 1. The van der Waals surface area contributed by atoms with Crippen LogP contribution in [-0.2, 0) is 24.3 Å². The lowest BCUT2D eigenvalue weighted by atomic mass is 9.93. The molecule has 252 valence electrons. The zero-order valence-electron chi connectivity index (χ0n) is 27.1. The predicted molar refractivity (Wildman–Crippen MR) is 190 cm³/mol. The van der Waals surface area contributed by atoms with Crippen molar-refractivity contribution in [2.75, 3.05) is 33.9 Å². The van der Waals surface area contributed by atoms with Gasteiger partial charge in [-0.3, -0.25) is 14.7 Å². The molecule has 0 spiro atoms. The van der Waals surface area contributed by atoms with Gasteiger partial charge in [0.05, 0.1) is 46.8 Å². The summed E-state index contributed by atoms with van der Waals surface area (Å²) in [6, 6.07) is 13.5. The van der Waals surface area contributed by atoms with Crippen LogP contribution in [0.15, 0.2) is 48.7 Å². The standard InChI is InChI=1S/C36H38Cl3N5O4/c1-20(45)18-44-12-10-21-13-22(14-31(47-2)28(21)19-44)35-34(39)25(9-11-41-35)24-5-4-6-26(33(24)38)30-15-29(37)27(36(43-30)48-3)17-40-16-23-7-8-32(46)42-23/h4-6,9,11,13-15,20,23,40,45H,7-8,10,12,16-19H2,1-3H3,(H,42,46)/t20-,23-/m0/s1. The number of fused-ring (bicyclic) bond motifs is 1. The van der Waals surface area contributed by atoms with Gasteiger partial charge in [0.15, 0.2) is 0 Å². The Balaban J connectivity index is 1.29. The maximum Gasteiger partial charge on any atom is 0.220 e. The minimum atomic E-state index is -0.400. The van der Waals surface area contributed by atoms with Crippen LogP contribution in [0.3, 0.4) is 0 Å². The molecule has 4 aromatic rings. The van der Waals surface area contributed by atoms with Crippen LogP contribution in [-0.4, -0.2) is 71.9 Å². The molecule has 2 aliphatic heterocycles. The molecule has 9 nitrogen and oxygen atoms in total. The van der Waals surface area contributed by atoms with Gasteiger partial charge >= 0.3 is 0 Å². The monoisotopic (exact) mass is 709 g/mol. The van der Waals surface area contributed by atoms with E-state index in [4.69, 9.17) is 49.3 Å². The highest BCUT2D eigenvalue weighted by atomic mass is 35.5. The number of pyridine rings is 2. The number of aliphatic hydroxyl groups excluding tert-OH is 1. The number of carbonyl (C=O) groups is 1. The molecule has 0 saturated carbocycles. The Morgan fingerprint density at radius 2 is 1.85 bits per heavy atom. The maximum atomic E-state index is 11.5. The Morgan fingerprint density at radius 1 is 1.06 bits per heavy atom. The molecule has 0 radical (unpaired) electrons. The lowest BCUT2D eigenvalue weighted by Crippen LogP contribution is -2.35. The summed E-state index contributed by atoms with van der Waals surface area (Å²) in [6.07, 6.45) is 3.50. The van der Waals surface area contributed by atoms with Gasteiger partial charge in [-0.25, -0.2) is 4.98 Å². The summed E-state index contributed by atoms with van der Waals surface area (Å²) >= 11 is 21.0. The normalized spacial score (nSPS) is 16.8. The van der Waals surface area contributed by atoms with Crippen molar-refractivity contribution in [3.63, 3.8) is 0 Å². The topological polar surface area (TPSA) is 109 Å². The highest BCUT2D eigenvalue weighted by Gasteiger charge is 2.25. The smallest absolute Gasteiger partial charge is 0.220 e. The lowest BCUT2D eigenvalue weighted by molar-refractivity contribution is -0.119. The molecule has 12 heteroatoms. The van der Waals surface area contributed by atoms with E-state index in [9.17, 15) is 9.90 Å². The second kappa shape index (κ2) is 15.0. The van der Waals surface area contributed by atoms with Gasteiger partial charge in [-0.2, -0.15) is 0 Å². The summed E-state index contributed by atoms with van der Waals surface area (Å²) in [7, 11) is 3.22. The molecule has 3 N–H and O–H groups in total. The van der Waals surface area contributed by atoms with Gasteiger partial charge in [-0.15, -0.1) is 0 Å². The number of hydrogen-bond acceptors (Lipinski definition) is 8. The second-order valence-corrected chi connectivity index (χ2v) is 13.4. The van der Waals surface area contributed by atoms with Crippen LogP contribution in [0.2, 0.25) is 15.1 Å². The number of hydrogen-bond donors (Lipinski definition) is 3. The van der Waals surface area contributed by atoms with Crippen molar-refractivity contribution in [1.29, 1.82) is 0 Å². The number of β-amino-alcohol motifs (C(OH)–C–C–N with tert-alkyl or cyclic N) is 1. The molecule has 0 bridgehead atoms. The third-order valence-corrected chi connectivity index (χ3v) is 9.98. The number of nitrogens with zero attached hydrogens (tertiary/aromatic N) is 3. The van der Waals surface area contributed by atoms with E-state index in [2.05, 4.69) is 26.6 Å². The Bertz CT molecular complexity index is 1820. The molecule has 1 saturated heterocycles. The molecule has 0 aliphatic carbocycles. The lowest BCUT2D eigenvalue weighted by Gasteiger charge is -2.31. The molecule has 2 aromatic carbocycles. The first-order chi connectivity index (χ1) is 23.2. The summed E-state index contributed by atoms with van der Waals surface area (Å²) in [4.78, 5) is 23.2. The highest BCUT2D eigenvalue weighted by Crippen LogP contribution is 2.43. The zero-order chi connectivity index (χ0) is 33.9. The van der Waals surface area contributed by atoms with Crippen molar-refractivity contribution in [3.05, 3.63) is 80.4 Å². The number of methoxy groups -OCH3 is 2. The molecule has 1 fully saturated rings. The predicted octanol–water partition coefficient (Wildman–Crippen LogP) is 6.56. The second-order valence-electron chi connectivity index (χ2n) is 12.2. The van der Waals surface area contributed by atoms with Crippen molar-refractivity contribution in [2.45, 2.75) is 51.4 Å². The van der Waals surface area contributed by atoms with E-state index in [1.807, 2.05) is 30.3 Å². The van der Waals surface area contributed by atoms with Gasteiger partial charge in [0.25, 0.3) is 0 Å². The van der Waals surface area contributed by atoms with Gasteiger partial charge in [0.1, 0.15) is 5.75 Å². The van der Waals surface area contributed by atoms with E-state index in [0.29, 0.717) is 70.5 Å². The summed E-state index contributed by atoms with van der Waals surface area (Å²) in [5, 5.41) is 17.6. The minimum absolute atomic E-state index is 0.0763.